The second kappa shape index (κ2) is 11.4. The first-order chi connectivity index (χ1) is 17.6. The number of nitrogens with one attached hydrogen (secondary N) is 3. The van der Waals surface area contributed by atoms with Crippen LogP contribution in [0.25, 0.3) is 0 Å². The van der Waals surface area contributed by atoms with Gasteiger partial charge in [-0.25, -0.2) is 13.4 Å². The molecule has 0 saturated carbocycles. The SMILES string of the molecule is CC(C)Oc1cc(Nc2ncc(Cl)c(Nc3ccc(NS(C)(=O)=O)cc3)n2)ccc1N1CCN(C)CC1. The lowest BCUT2D eigenvalue weighted by Gasteiger charge is -2.35. The molecule has 0 amide bonds. The van der Waals surface area contributed by atoms with Gasteiger partial charge in [0.2, 0.25) is 16.0 Å². The minimum absolute atomic E-state index is 0.0306. The highest BCUT2D eigenvalue weighted by atomic mass is 35.5. The van der Waals surface area contributed by atoms with E-state index in [1.807, 2.05) is 26.0 Å². The van der Waals surface area contributed by atoms with Crippen molar-refractivity contribution < 1.29 is 13.2 Å². The van der Waals surface area contributed by atoms with Crippen molar-refractivity contribution in [3.05, 3.63) is 53.7 Å². The molecule has 1 saturated heterocycles. The molecule has 1 aliphatic rings. The lowest BCUT2D eigenvalue weighted by molar-refractivity contribution is 0.241. The first-order valence-electron chi connectivity index (χ1n) is 11.9. The fourth-order valence-corrected chi connectivity index (χ4v) is 4.57. The van der Waals surface area contributed by atoms with Crippen molar-refractivity contribution in [2.24, 2.45) is 0 Å². The van der Waals surface area contributed by atoms with Gasteiger partial charge in [-0.2, -0.15) is 4.98 Å². The van der Waals surface area contributed by atoms with E-state index in [2.05, 4.69) is 48.2 Å². The highest BCUT2D eigenvalue weighted by Gasteiger charge is 2.19. The summed E-state index contributed by atoms with van der Waals surface area (Å²) in [5.74, 6) is 1.58. The van der Waals surface area contributed by atoms with Crippen molar-refractivity contribution in [3.8, 4) is 5.75 Å². The molecule has 12 heteroatoms. The Bertz CT molecular complexity index is 1330. The molecule has 37 heavy (non-hydrogen) atoms. The van der Waals surface area contributed by atoms with E-state index in [-0.39, 0.29) is 6.10 Å². The number of aromatic nitrogens is 2. The Morgan fingerprint density at radius 2 is 1.62 bits per heavy atom. The second-order valence-corrected chi connectivity index (χ2v) is 11.4. The Kier molecular flexibility index (Phi) is 8.25. The highest BCUT2D eigenvalue weighted by Crippen LogP contribution is 2.34. The summed E-state index contributed by atoms with van der Waals surface area (Å²) in [4.78, 5) is 13.5. The third-order valence-corrected chi connectivity index (χ3v) is 6.50. The Hall–Kier alpha value is -3.28. The number of hydrogen-bond donors (Lipinski definition) is 3. The third-order valence-electron chi connectivity index (χ3n) is 5.62. The number of nitrogens with zero attached hydrogens (tertiary/aromatic N) is 4. The van der Waals surface area contributed by atoms with Crippen LogP contribution in [0.3, 0.4) is 0 Å². The van der Waals surface area contributed by atoms with Crippen LogP contribution in [0.4, 0.5) is 34.5 Å². The van der Waals surface area contributed by atoms with Gasteiger partial charge in [-0.05, 0) is 57.3 Å². The predicted molar refractivity (Wildman–Crippen MR) is 150 cm³/mol. The molecule has 4 rings (SSSR count). The maximum Gasteiger partial charge on any atom is 0.229 e. The van der Waals surface area contributed by atoms with E-state index in [4.69, 9.17) is 16.3 Å². The molecule has 3 N–H and O–H groups in total. The van der Waals surface area contributed by atoms with Gasteiger partial charge in [-0.1, -0.05) is 11.6 Å². The number of anilines is 6. The molecular weight excluding hydrogens is 514 g/mol. The van der Waals surface area contributed by atoms with Crippen molar-refractivity contribution in [1.82, 2.24) is 14.9 Å². The van der Waals surface area contributed by atoms with E-state index < -0.39 is 10.0 Å². The van der Waals surface area contributed by atoms with Crippen molar-refractivity contribution in [1.29, 1.82) is 0 Å². The number of halogens is 1. The summed E-state index contributed by atoms with van der Waals surface area (Å²) in [7, 11) is -1.21. The average molecular weight is 546 g/mol. The monoisotopic (exact) mass is 545 g/mol. The Labute approximate surface area is 223 Å². The van der Waals surface area contributed by atoms with Crippen LogP contribution < -0.4 is 25.0 Å². The van der Waals surface area contributed by atoms with Crippen LogP contribution in [-0.4, -0.2) is 68.9 Å². The number of ether oxygens (including phenoxy) is 1. The zero-order chi connectivity index (χ0) is 26.6. The summed E-state index contributed by atoms with van der Waals surface area (Å²) in [6.45, 7) is 7.92. The van der Waals surface area contributed by atoms with Gasteiger partial charge in [-0.15, -0.1) is 0 Å². The molecule has 1 fully saturated rings. The molecule has 0 spiro atoms. The van der Waals surface area contributed by atoms with Crippen LogP contribution in [0, 0.1) is 0 Å². The number of likely N-dealkylation sites (N-methyl/N-ethyl adjacent to an activating group) is 1. The third kappa shape index (κ3) is 7.61. The van der Waals surface area contributed by atoms with Crippen LogP contribution in [0.5, 0.6) is 5.75 Å². The summed E-state index contributed by atoms with van der Waals surface area (Å²) < 4.78 is 31.4. The fourth-order valence-electron chi connectivity index (χ4n) is 3.87. The molecule has 1 aliphatic heterocycles. The normalized spacial score (nSPS) is 14.5. The van der Waals surface area contributed by atoms with Gasteiger partial charge in [0.1, 0.15) is 10.8 Å². The van der Waals surface area contributed by atoms with Gasteiger partial charge in [0.25, 0.3) is 0 Å². The Morgan fingerprint density at radius 3 is 2.27 bits per heavy atom. The van der Waals surface area contributed by atoms with Crippen molar-refractivity contribution in [2.45, 2.75) is 20.0 Å². The summed E-state index contributed by atoms with van der Waals surface area (Å²) in [5, 5.41) is 6.73. The topological polar surface area (TPSA) is 112 Å². The lowest BCUT2D eigenvalue weighted by Crippen LogP contribution is -2.44. The summed E-state index contributed by atoms with van der Waals surface area (Å²) >= 11 is 6.33. The maximum atomic E-state index is 11.4. The standard InChI is InChI=1S/C25H32ClN7O3S/c1-17(2)36-23-15-20(9-10-22(23)33-13-11-32(3)12-14-33)29-25-27-16-21(26)24(30-25)28-18-5-7-19(8-6-18)31-37(4,34)35/h5-10,15-17,31H,11-14H2,1-4H3,(H2,27,28,29,30). The molecule has 1 aromatic heterocycles. The van der Waals surface area contributed by atoms with Crippen LogP contribution in [0.2, 0.25) is 5.02 Å². The molecule has 3 aromatic rings. The molecule has 0 unspecified atom stereocenters. The zero-order valence-electron chi connectivity index (χ0n) is 21.3. The second-order valence-electron chi connectivity index (χ2n) is 9.23. The zero-order valence-corrected chi connectivity index (χ0v) is 22.9. The van der Waals surface area contributed by atoms with Gasteiger partial charge in [-0.3, -0.25) is 4.72 Å². The quantitative estimate of drug-likeness (QED) is 0.357. The molecule has 2 heterocycles. The van der Waals surface area contributed by atoms with E-state index in [0.717, 1.165) is 49.6 Å². The smallest absolute Gasteiger partial charge is 0.229 e. The number of piperazine rings is 1. The van der Waals surface area contributed by atoms with Crippen molar-refractivity contribution in [2.75, 3.05) is 59.7 Å². The van der Waals surface area contributed by atoms with Crippen molar-refractivity contribution >= 4 is 56.1 Å². The number of rotatable bonds is 9. The van der Waals surface area contributed by atoms with Gasteiger partial charge >= 0.3 is 0 Å². The molecular formula is C25H32ClN7O3S. The summed E-state index contributed by atoms with van der Waals surface area (Å²) in [6.07, 6.45) is 2.65. The van der Waals surface area contributed by atoms with E-state index in [0.29, 0.717) is 28.2 Å². The first kappa shape index (κ1) is 26.8. The van der Waals surface area contributed by atoms with E-state index >= 15 is 0 Å². The molecule has 0 atom stereocenters. The van der Waals surface area contributed by atoms with Gasteiger partial charge < -0.3 is 25.2 Å². The molecule has 0 bridgehead atoms. The first-order valence-corrected chi connectivity index (χ1v) is 14.2. The van der Waals surface area contributed by atoms with E-state index in [1.54, 1.807) is 24.3 Å². The predicted octanol–water partition coefficient (Wildman–Crippen LogP) is 4.53. The van der Waals surface area contributed by atoms with E-state index in [1.165, 1.54) is 6.20 Å². The molecule has 2 aromatic carbocycles. The Morgan fingerprint density at radius 1 is 0.973 bits per heavy atom. The molecule has 10 nitrogen and oxygen atoms in total. The Balaban J connectivity index is 1.51. The molecule has 0 radical (unpaired) electrons. The highest BCUT2D eigenvalue weighted by molar-refractivity contribution is 7.92. The van der Waals surface area contributed by atoms with Gasteiger partial charge in [0.05, 0.1) is 24.2 Å². The van der Waals surface area contributed by atoms with Gasteiger partial charge in [0, 0.05) is 49.3 Å². The van der Waals surface area contributed by atoms with Crippen LogP contribution in [0.15, 0.2) is 48.7 Å². The summed E-state index contributed by atoms with van der Waals surface area (Å²) in [5.41, 5.74) is 3.01. The summed E-state index contributed by atoms with van der Waals surface area (Å²) in [6, 6.07) is 12.8. The fraction of sp³-hybridized carbons (Fsp3) is 0.360. The molecule has 0 aliphatic carbocycles. The van der Waals surface area contributed by atoms with E-state index in [9.17, 15) is 8.42 Å². The minimum atomic E-state index is -3.35. The van der Waals surface area contributed by atoms with Crippen LogP contribution >= 0.6 is 11.6 Å². The number of hydrogen-bond acceptors (Lipinski definition) is 9. The number of sulfonamides is 1. The molecule has 198 valence electrons. The lowest BCUT2D eigenvalue weighted by atomic mass is 10.2. The maximum absolute atomic E-state index is 11.4. The van der Waals surface area contributed by atoms with Crippen molar-refractivity contribution in [3.63, 3.8) is 0 Å². The number of benzene rings is 2. The van der Waals surface area contributed by atoms with Gasteiger partial charge in [0.15, 0.2) is 5.82 Å². The van der Waals surface area contributed by atoms with Crippen LogP contribution in [0.1, 0.15) is 13.8 Å². The minimum Gasteiger partial charge on any atom is -0.489 e. The average Bonchev–Trinajstić information content (AvgIpc) is 2.82. The largest absolute Gasteiger partial charge is 0.489 e. The van der Waals surface area contributed by atoms with Crippen LogP contribution in [-0.2, 0) is 10.0 Å².